The van der Waals surface area contributed by atoms with E-state index in [2.05, 4.69) is 14.8 Å². The average molecular weight is 262 g/mol. The molecule has 1 aromatic carbocycles. The highest BCUT2D eigenvalue weighted by molar-refractivity contribution is 5.94. The quantitative estimate of drug-likeness (QED) is 0.154. The summed E-state index contributed by atoms with van der Waals surface area (Å²) < 4.78 is 4.47. The summed E-state index contributed by atoms with van der Waals surface area (Å²) in [5, 5.41) is 13.9. The number of ether oxygens (including phenoxy) is 1. The topological polar surface area (TPSA) is 118 Å². The third-order valence-electron chi connectivity index (χ3n) is 2.17. The fourth-order valence-corrected chi connectivity index (χ4v) is 1.38. The molecule has 0 radical (unpaired) electrons. The summed E-state index contributed by atoms with van der Waals surface area (Å²) in [6, 6.07) is 6.41. The largest absolute Gasteiger partial charge is 0.465 e. The van der Waals surface area contributed by atoms with Crippen LogP contribution >= 0.6 is 0 Å². The number of carbonyl (C=O) groups is 1. The van der Waals surface area contributed by atoms with Gasteiger partial charge in [-0.25, -0.2) is 4.79 Å². The van der Waals surface area contributed by atoms with Crippen LogP contribution in [0.4, 0.5) is 5.69 Å². The number of nitrogens with zero attached hydrogens (tertiary/aromatic N) is 4. The maximum Gasteiger partial charge on any atom is 0.340 e. The maximum atomic E-state index is 11.4. The van der Waals surface area contributed by atoms with E-state index in [-0.39, 0.29) is 11.3 Å². The van der Waals surface area contributed by atoms with Gasteiger partial charge in [0.25, 0.3) is 0 Å². The van der Waals surface area contributed by atoms with Crippen molar-refractivity contribution in [3.63, 3.8) is 0 Å². The highest BCUT2D eigenvalue weighted by Gasteiger charge is 2.16. The van der Waals surface area contributed by atoms with Crippen molar-refractivity contribution in [2.45, 2.75) is 0 Å². The van der Waals surface area contributed by atoms with Crippen LogP contribution in [0.5, 0.6) is 0 Å². The second kappa shape index (κ2) is 6.77. The van der Waals surface area contributed by atoms with Crippen LogP contribution < -0.4 is 0 Å². The highest BCUT2D eigenvalue weighted by Crippen LogP contribution is 2.22. The minimum absolute atomic E-state index is 0.131. The zero-order chi connectivity index (χ0) is 14.3. The number of hydrogen-bond donors (Lipinski definition) is 0. The Bertz CT molecular complexity index is 576. The number of carbonyl (C=O) groups excluding carboxylic acids is 1. The number of azide groups is 1. The molecule has 0 aliphatic heterocycles. The van der Waals surface area contributed by atoms with Crippen LogP contribution in [0.2, 0.25) is 0 Å². The summed E-state index contributed by atoms with van der Waals surface area (Å²) in [6.07, 6.45) is 1.28. The van der Waals surface area contributed by atoms with E-state index in [1.54, 1.807) is 18.2 Å². The van der Waals surface area contributed by atoms with Gasteiger partial charge >= 0.3 is 5.97 Å². The van der Waals surface area contributed by atoms with Crippen LogP contribution in [0.1, 0.15) is 5.56 Å². The second-order valence-corrected chi connectivity index (χ2v) is 3.40. The molecule has 0 aromatic heterocycles. The SMILES string of the molecule is COC(=O)/C(=C/c1ccccc1N=[N+]=[N-])C[N+](=O)[O-]. The van der Waals surface area contributed by atoms with Crippen LogP contribution in [0.15, 0.2) is 35.0 Å². The van der Waals surface area contributed by atoms with Gasteiger partial charge in [0.2, 0.25) is 6.54 Å². The summed E-state index contributed by atoms with van der Waals surface area (Å²) in [5.74, 6) is -0.799. The standard InChI is InChI=1S/C11H10N4O4/c1-19-11(16)9(7-15(17)18)6-8-4-2-3-5-10(8)13-14-12/h2-6H,7H2,1H3/b9-6+. The molecule has 0 saturated heterocycles. The number of rotatable bonds is 5. The number of esters is 1. The van der Waals surface area contributed by atoms with Gasteiger partial charge in [-0.2, -0.15) is 0 Å². The van der Waals surface area contributed by atoms with E-state index in [9.17, 15) is 14.9 Å². The van der Waals surface area contributed by atoms with Gasteiger partial charge in [0.1, 0.15) is 5.57 Å². The van der Waals surface area contributed by atoms with E-state index in [0.29, 0.717) is 5.56 Å². The van der Waals surface area contributed by atoms with Crippen molar-refractivity contribution < 1.29 is 14.5 Å². The van der Waals surface area contributed by atoms with E-state index >= 15 is 0 Å². The second-order valence-electron chi connectivity index (χ2n) is 3.40. The lowest BCUT2D eigenvalue weighted by Gasteiger charge is -2.03. The Labute approximate surface area is 108 Å². The molecule has 0 unspecified atom stereocenters. The van der Waals surface area contributed by atoms with E-state index in [1.807, 2.05) is 0 Å². The predicted octanol–water partition coefficient (Wildman–Crippen LogP) is 2.46. The van der Waals surface area contributed by atoms with Gasteiger partial charge in [0.15, 0.2) is 0 Å². The molecular weight excluding hydrogens is 252 g/mol. The van der Waals surface area contributed by atoms with Crippen molar-refractivity contribution in [1.82, 2.24) is 0 Å². The minimum atomic E-state index is -0.799. The lowest BCUT2D eigenvalue weighted by molar-refractivity contribution is -0.470. The summed E-state index contributed by atoms with van der Waals surface area (Å²) in [5.41, 5.74) is 8.96. The Hall–Kier alpha value is -2.86. The predicted molar refractivity (Wildman–Crippen MR) is 67.1 cm³/mol. The van der Waals surface area contributed by atoms with Crippen molar-refractivity contribution in [2.24, 2.45) is 5.11 Å². The third kappa shape index (κ3) is 4.14. The molecule has 98 valence electrons. The molecule has 0 fully saturated rings. The van der Waals surface area contributed by atoms with Crippen molar-refractivity contribution >= 4 is 17.7 Å². The Morgan fingerprint density at radius 3 is 2.84 bits per heavy atom. The molecule has 19 heavy (non-hydrogen) atoms. The lowest BCUT2D eigenvalue weighted by atomic mass is 10.1. The minimum Gasteiger partial charge on any atom is -0.465 e. The number of nitro groups is 1. The number of methoxy groups -OCH3 is 1. The maximum absolute atomic E-state index is 11.4. The average Bonchev–Trinajstić information content (AvgIpc) is 2.39. The Kier molecular flexibility index (Phi) is 5.06. The van der Waals surface area contributed by atoms with Gasteiger partial charge < -0.3 is 4.74 Å². The summed E-state index contributed by atoms with van der Waals surface area (Å²) >= 11 is 0. The summed E-state index contributed by atoms with van der Waals surface area (Å²) in [6.45, 7) is -0.669. The summed E-state index contributed by atoms with van der Waals surface area (Å²) in [4.78, 5) is 23.9. The van der Waals surface area contributed by atoms with Crippen LogP contribution in [0.3, 0.4) is 0 Å². The van der Waals surface area contributed by atoms with Gasteiger partial charge in [-0.3, -0.25) is 10.1 Å². The van der Waals surface area contributed by atoms with E-state index in [1.165, 1.54) is 12.1 Å². The first-order valence-electron chi connectivity index (χ1n) is 5.13. The van der Waals surface area contributed by atoms with Crippen LogP contribution in [-0.4, -0.2) is 24.5 Å². The Balaban J connectivity index is 3.24. The molecule has 8 nitrogen and oxygen atoms in total. The molecule has 0 heterocycles. The third-order valence-corrected chi connectivity index (χ3v) is 2.17. The van der Waals surface area contributed by atoms with Gasteiger partial charge in [-0.05, 0) is 17.2 Å². The number of hydrogen-bond acceptors (Lipinski definition) is 5. The van der Waals surface area contributed by atoms with Gasteiger partial charge in [0.05, 0.1) is 7.11 Å². The summed E-state index contributed by atoms with van der Waals surface area (Å²) in [7, 11) is 1.13. The molecule has 1 aromatic rings. The molecule has 0 bridgehead atoms. The van der Waals surface area contributed by atoms with Crippen molar-refractivity contribution in [2.75, 3.05) is 13.7 Å². The fourth-order valence-electron chi connectivity index (χ4n) is 1.38. The van der Waals surface area contributed by atoms with E-state index in [4.69, 9.17) is 5.53 Å². The first-order valence-corrected chi connectivity index (χ1v) is 5.13. The Morgan fingerprint density at radius 1 is 1.58 bits per heavy atom. The van der Waals surface area contributed by atoms with Crippen LogP contribution in [0, 0.1) is 10.1 Å². The Morgan fingerprint density at radius 2 is 2.26 bits per heavy atom. The van der Waals surface area contributed by atoms with E-state index in [0.717, 1.165) is 7.11 Å². The fraction of sp³-hybridized carbons (Fsp3) is 0.182. The first-order chi connectivity index (χ1) is 9.08. The molecule has 0 atom stereocenters. The molecule has 1 rings (SSSR count). The van der Waals surface area contributed by atoms with Gasteiger partial charge in [-0.1, -0.05) is 29.4 Å². The smallest absolute Gasteiger partial charge is 0.340 e. The molecule has 0 amide bonds. The molecule has 0 aliphatic rings. The normalized spacial score (nSPS) is 10.5. The molecule has 8 heteroatoms. The van der Waals surface area contributed by atoms with Gasteiger partial charge in [0, 0.05) is 15.5 Å². The molecule has 0 N–H and O–H groups in total. The van der Waals surface area contributed by atoms with Crippen molar-refractivity contribution in [3.8, 4) is 0 Å². The van der Waals surface area contributed by atoms with Crippen molar-refractivity contribution in [3.05, 3.63) is 56.0 Å². The van der Waals surface area contributed by atoms with Crippen LogP contribution in [0.25, 0.3) is 16.5 Å². The monoisotopic (exact) mass is 262 g/mol. The molecule has 0 aliphatic carbocycles. The first kappa shape index (κ1) is 14.2. The van der Waals surface area contributed by atoms with Gasteiger partial charge in [-0.15, -0.1) is 0 Å². The lowest BCUT2D eigenvalue weighted by Crippen LogP contribution is -2.14. The molecular formula is C11H10N4O4. The molecule has 0 saturated carbocycles. The number of benzene rings is 1. The van der Waals surface area contributed by atoms with E-state index < -0.39 is 17.4 Å². The zero-order valence-corrected chi connectivity index (χ0v) is 10.0. The highest BCUT2D eigenvalue weighted by atomic mass is 16.6. The zero-order valence-electron chi connectivity index (χ0n) is 10.0. The van der Waals surface area contributed by atoms with Crippen LogP contribution in [-0.2, 0) is 9.53 Å². The van der Waals surface area contributed by atoms with Crippen molar-refractivity contribution in [1.29, 1.82) is 0 Å². The molecule has 0 spiro atoms.